The third-order valence-electron chi connectivity index (χ3n) is 2.57. The lowest BCUT2D eigenvalue weighted by molar-refractivity contribution is -0.137. The Balaban J connectivity index is 2.53. The van der Waals surface area contributed by atoms with E-state index in [2.05, 4.69) is 4.98 Å². The molecule has 0 saturated heterocycles. The van der Waals surface area contributed by atoms with E-state index in [0.717, 1.165) is 12.1 Å². The predicted octanol–water partition coefficient (Wildman–Crippen LogP) is 3.91. The summed E-state index contributed by atoms with van der Waals surface area (Å²) < 4.78 is 37.9. The molecule has 0 spiro atoms. The molecule has 2 aromatic rings. The van der Waals surface area contributed by atoms with E-state index in [1.54, 1.807) is 0 Å². The number of nitrogens with zero attached hydrogens (tertiary/aromatic N) is 1. The van der Waals surface area contributed by atoms with Crippen molar-refractivity contribution in [3.8, 4) is 11.3 Å². The Hall–Kier alpha value is -1.59. The maximum Gasteiger partial charge on any atom is 0.416 e. The Morgan fingerprint density at radius 2 is 1.95 bits per heavy atom. The third kappa shape index (κ3) is 3.05. The van der Waals surface area contributed by atoms with Gasteiger partial charge in [-0.1, -0.05) is 23.7 Å². The molecular formula is C13H9ClF3NO. The van der Waals surface area contributed by atoms with Gasteiger partial charge < -0.3 is 5.11 Å². The quantitative estimate of drug-likeness (QED) is 0.908. The first-order valence-electron chi connectivity index (χ1n) is 5.34. The summed E-state index contributed by atoms with van der Waals surface area (Å²) in [5.41, 5.74) is 0.200. The highest BCUT2D eigenvalue weighted by atomic mass is 35.5. The topological polar surface area (TPSA) is 33.1 Å². The number of aliphatic hydroxyl groups is 1. The molecule has 0 bridgehead atoms. The summed E-state index contributed by atoms with van der Waals surface area (Å²) in [4.78, 5) is 3.98. The average molecular weight is 288 g/mol. The molecule has 19 heavy (non-hydrogen) atoms. The predicted molar refractivity (Wildman–Crippen MR) is 65.6 cm³/mol. The van der Waals surface area contributed by atoms with Gasteiger partial charge in [0.25, 0.3) is 0 Å². The van der Waals surface area contributed by atoms with E-state index in [1.807, 2.05) is 0 Å². The number of benzene rings is 1. The minimum absolute atomic E-state index is 0.288. The zero-order valence-corrected chi connectivity index (χ0v) is 10.3. The second-order valence-electron chi connectivity index (χ2n) is 3.90. The minimum Gasteiger partial charge on any atom is -0.392 e. The Kier molecular flexibility index (Phi) is 3.78. The van der Waals surface area contributed by atoms with Crippen LogP contribution in [0.25, 0.3) is 11.3 Å². The highest BCUT2D eigenvalue weighted by Crippen LogP contribution is 2.32. The van der Waals surface area contributed by atoms with Crippen molar-refractivity contribution in [1.29, 1.82) is 0 Å². The molecule has 1 heterocycles. The van der Waals surface area contributed by atoms with Crippen LogP contribution in [0, 0.1) is 0 Å². The largest absolute Gasteiger partial charge is 0.416 e. The Morgan fingerprint density at radius 3 is 2.58 bits per heavy atom. The van der Waals surface area contributed by atoms with Gasteiger partial charge in [0.15, 0.2) is 0 Å². The van der Waals surface area contributed by atoms with Crippen LogP contribution in [0.3, 0.4) is 0 Å². The van der Waals surface area contributed by atoms with Gasteiger partial charge in [0.2, 0.25) is 0 Å². The number of rotatable bonds is 2. The van der Waals surface area contributed by atoms with Crippen LogP contribution in [0.4, 0.5) is 13.2 Å². The highest BCUT2D eigenvalue weighted by Gasteiger charge is 2.30. The Bertz CT molecular complexity index is 599. The summed E-state index contributed by atoms with van der Waals surface area (Å²) in [5, 5.41) is 9.53. The summed E-state index contributed by atoms with van der Waals surface area (Å²) >= 11 is 5.73. The van der Waals surface area contributed by atoms with Crippen LogP contribution < -0.4 is 0 Å². The highest BCUT2D eigenvalue weighted by molar-refractivity contribution is 6.30. The van der Waals surface area contributed by atoms with E-state index in [-0.39, 0.29) is 17.9 Å². The minimum atomic E-state index is -4.41. The molecule has 0 amide bonds. The van der Waals surface area contributed by atoms with Gasteiger partial charge in [0.1, 0.15) is 0 Å². The van der Waals surface area contributed by atoms with Crippen LogP contribution in [0.2, 0.25) is 5.02 Å². The summed E-state index contributed by atoms with van der Waals surface area (Å²) in [7, 11) is 0. The Labute approximate surface area is 112 Å². The molecule has 6 heteroatoms. The molecule has 0 fully saturated rings. The molecule has 1 aromatic carbocycles. The van der Waals surface area contributed by atoms with E-state index in [0.29, 0.717) is 10.6 Å². The average Bonchev–Trinajstić information content (AvgIpc) is 2.37. The molecule has 1 N–H and O–H groups in total. The van der Waals surface area contributed by atoms with Crippen LogP contribution in [0.15, 0.2) is 36.5 Å². The lowest BCUT2D eigenvalue weighted by Crippen LogP contribution is -2.05. The fourth-order valence-corrected chi connectivity index (χ4v) is 1.88. The maximum atomic E-state index is 12.6. The molecule has 0 aliphatic carbocycles. The summed E-state index contributed by atoms with van der Waals surface area (Å²) in [6.07, 6.45) is -3.09. The zero-order valence-electron chi connectivity index (χ0n) is 9.58. The van der Waals surface area contributed by atoms with Crippen molar-refractivity contribution in [3.63, 3.8) is 0 Å². The third-order valence-corrected chi connectivity index (χ3v) is 2.77. The number of aromatic nitrogens is 1. The molecule has 100 valence electrons. The fraction of sp³-hybridized carbons (Fsp3) is 0.154. The smallest absolute Gasteiger partial charge is 0.392 e. The first-order chi connectivity index (χ1) is 8.91. The molecule has 0 saturated carbocycles. The molecule has 0 unspecified atom stereocenters. The van der Waals surface area contributed by atoms with Gasteiger partial charge in [0.05, 0.1) is 22.9 Å². The summed E-state index contributed by atoms with van der Waals surface area (Å²) in [6, 6.07) is 6.26. The second-order valence-corrected chi connectivity index (χ2v) is 4.33. The monoisotopic (exact) mass is 287 g/mol. The number of hydrogen-bond donors (Lipinski definition) is 1. The lowest BCUT2D eigenvalue weighted by Gasteiger charge is -2.10. The molecule has 2 rings (SSSR count). The van der Waals surface area contributed by atoms with Gasteiger partial charge in [-0.05, 0) is 18.2 Å². The van der Waals surface area contributed by atoms with Crippen molar-refractivity contribution < 1.29 is 18.3 Å². The van der Waals surface area contributed by atoms with Gasteiger partial charge in [-0.2, -0.15) is 13.2 Å². The number of aliphatic hydroxyl groups excluding tert-OH is 1. The van der Waals surface area contributed by atoms with Crippen molar-refractivity contribution in [2.45, 2.75) is 12.8 Å². The molecule has 0 atom stereocenters. The van der Waals surface area contributed by atoms with Gasteiger partial charge >= 0.3 is 6.18 Å². The number of alkyl halides is 3. The van der Waals surface area contributed by atoms with Gasteiger partial charge in [0, 0.05) is 17.3 Å². The standard InChI is InChI=1S/C13H9ClF3NO/c14-11-5-9(7-19)12(18-6-11)8-2-1-3-10(4-8)13(15,16)17/h1-6,19H,7H2. The van der Waals surface area contributed by atoms with Crippen molar-refractivity contribution >= 4 is 11.6 Å². The first kappa shape index (κ1) is 13.8. The molecule has 0 radical (unpaired) electrons. The van der Waals surface area contributed by atoms with E-state index in [1.165, 1.54) is 24.4 Å². The van der Waals surface area contributed by atoms with E-state index in [4.69, 9.17) is 11.6 Å². The normalized spacial score (nSPS) is 11.6. The molecule has 0 aliphatic rings. The van der Waals surface area contributed by atoms with Crippen molar-refractivity contribution in [3.05, 3.63) is 52.7 Å². The van der Waals surface area contributed by atoms with E-state index in [9.17, 15) is 18.3 Å². The number of pyridine rings is 1. The van der Waals surface area contributed by atoms with Crippen LogP contribution in [-0.4, -0.2) is 10.1 Å². The molecular weight excluding hydrogens is 279 g/mol. The van der Waals surface area contributed by atoms with E-state index < -0.39 is 11.7 Å². The van der Waals surface area contributed by atoms with Crippen LogP contribution in [0.1, 0.15) is 11.1 Å². The number of hydrogen-bond acceptors (Lipinski definition) is 2. The molecule has 2 nitrogen and oxygen atoms in total. The van der Waals surface area contributed by atoms with Crippen molar-refractivity contribution in [1.82, 2.24) is 4.98 Å². The lowest BCUT2D eigenvalue weighted by atomic mass is 10.0. The van der Waals surface area contributed by atoms with Crippen LogP contribution >= 0.6 is 11.6 Å². The second kappa shape index (κ2) is 5.19. The summed E-state index contributed by atoms with van der Waals surface area (Å²) in [6.45, 7) is -0.348. The van der Waals surface area contributed by atoms with Crippen molar-refractivity contribution in [2.24, 2.45) is 0 Å². The zero-order chi connectivity index (χ0) is 14.0. The van der Waals surface area contributed by atoms with Crippen LogP contribution in [-0.2, 0) is 12.8 Å². The van der Waals surface area contributed by atoms with Crippen molar-refractivity contribution in [2.75, 3.05) is 0 Å². The summed E-state index contributed by atoms with van der Waals surface area (Å²) in [5.74, 6) is 0. The molecule has 1 aromatic heterocycles. The first-order valence-corrected chi connectivity index (χ1v) is 5.72. The van der Waals surface area contributed by atoms with E-state index >= 15 is 0 Å². The van der Waals surface area contributed by atoms with Gasteiger partial charge in [-0.15, -0.1) is 0 Å². The van der Waals surface area contributed by atoms with Gasteiger partial charge in [-0.3, -0.25) is 4.98 Å². The number of halogens is 4. The Morgan fingerprint density at radius 1 is 1.21 bits per heavy atom. The van der Waals surface area contributed by atoms with Gasteiger partial charge in [-0.25, -0.2) is 0 Å². The maximum absolute atomic E-state index is 12.6. The SMILES string of the molecule is OCc1cc(Cl)cnc1-c1cccc(C(F)(F)F)c1. The molecule has 0 aliphatic heterocycles. The van der Waals surface area contributed by atoms with Crippen LogP contribution in [0.5, 0.6) is 0 Å². The fourth-order valence-electron chi connectivity index (χ4n) is 1.70.